The molecule has 4 rings (SSSR count). The predicted octanol–water partition coefficient (Wildman–Crippen LogP) is 4.89. The number of carbonyl (C=O) groups excluding carboxylic acids is 5. The van der Waals surface area contributed by atoms with Gasteiger partial charge in [0.05, 0.1) is 24.3 Å². The van der Waals surface area contributed by atoms with Crippen molar-refractivity contribution in [1.29, 1.82) is 0 Å². The molecule has 3 aliphatic heterocycles. The van der Waals surface area contributed by atoms with E-state index in [4.69, 9.17) is 14.5 Å². The highest BCUT2D eigenvalue weighted by atomic mass is 32.2. The topological polar surface area (TPSA) is 158 Å². The van der Waals surface area contributed by atoms with E-state index in [9.17, 15) is 29.1 Å². The summed E-state index contributed by atoms with van der Waals surface area (Å²) in [7, 11) is 4.67. The Bertz CT molecular complexity index is 1680. The molecule has 0 aromatic heterocycles. The number of ether oxygens (including phenoxy) is 2. The molecular weight excluding hydrogens is 759 g/mol. The third-order valence-corrected chi connectivity index (χ3v) is 13.5. The Kier molecular flexibility index (Phi) is 16.8. The first kappa shape index (κ1) is 46.8. The number of aliphatic hydroxyl groups is 1. The Morgan fingerprint density at radius 3 is 2.28 bits per heavy atom. The van der Waals surface area contributed by atoms with Crippen LogP contribution >= 0.6 is 11.8 Å². The Morgan fingerprint density at radius 1 is 0.983 bits per heavy atom. The molecule has 4 amide bonds. The quantitative estimate of drug-likeness (QED) is 0.382. The van der Waals surface area contributed by atoms with Crippen LogP contribution in [0, 0.1) is 23.7 Å². The molecule has 1 saturated heterocycles. The molecule has 1 aromatic rings. The highest BCUT2D eigenvalue weighted by molar-refractivity contribution is 8.14. The first-order chi connectivity index (χ1) is 27.4. The fraction of sp³-hybridized carbons (Fsp3) is 0.682. The summed E-state index contributed by atoms with van der Waals surface area (Å²) >= 11 is 1.56. The van der Waals surface area contributed by atoms with E-state index < -0.39 is 60.1 Å². The second-order valence-electron chi connectivity index (χ2n) is 17.0. The molecule has 0 radical (unpaired) electrons. The van der Waals surface area contributed by atoms with Gasteiger partial charge >= 0.3 is 5.97 Å². The highest BCUT2D eigenvalue weighted by Gasteiger charge is 2.44. The maximum atomic E-state index is 14.5. The minimum absolute atomic E-state index is 0.00511. The Morgan fingerprint density at radius 2 is 1.66 bits per heavy atom. The molecule has 1 fully saturated rings. The molecule has 3 heterocycles. The average Bonchev–Trinajstić information content (AvgIpc) is 3.89. The van der Waals surface area contributed by atoms with Gasteiger partial charge in [-0.15, -0.1) is 11.8 Å². The van der Waals surface area contributed by atoms with Crippen molar-refractivity contribution in [2.45, 2.75) is 136 Å². The Labute approximate surface area is 349 Å². The first-order valence-corrected chi connectivity index (χ1v) is 21.9. The number of amides is 4. The number of likely N-dealkylation sites (N-methyl/N-ethyl adjacent to an activating group) is 2. The van der Waals surface area contributed by atoms with Crippen LogP contribution in [0.5, 0.6) is 5.75 Å². The van der Waals surface area contributed by atoms with Crippen molar-refractivity contribution in [1.82, 2.24) is 20.0 Å². The van der Waals surface area contributed by atoms with E-state index in [-0.39, 0.29) is 42.0 Å². The van der Waals surface area contributed by atoms with E-state index in [1.165, 1.54) is 16.8 Å². The van der Waals surface area contributed by atoms with Crippen LogP contribution in [-0.4, -0.2) is 130 Å². The fourth-order valence-corrected chi connectivity index (χ4v) is 9.17. The van der Waals surface area contributed by atoms with E-state index in [0.717, 1.165) is 10.6 Å². The van der Waals surface area contributed by atoms with Crippen LogP contribution in [0.15, 0.2) is 40.9 Å². The lowest BCUT2D eigenvalue weighted by molar-refractivity contribution is -0.163. The average molecular weight is 826 g/mol. The maximum absolute atomic E-state index is 14.5. The molecule has 0 aliphatic carbocycles. The number of aliphatic hydroxyl groups excluding tert-OH is 1. The van der Waals surface area contributed by atoms with Crippen LogP contribution in [-0.2, 0) is 35.1 Å². The van der Waals surface area contributed by atoms with Crippen molar-refractivity contribution < 1.29 is 38.6 Å². The summed E-state index contributed by atoms with van der Waals surface area (Å²) in [4.78, 5) is 80.1. The largest absolute Gasteiger partial charge is 0.497 e. The zero-order chi connectivity index (χ0) is 43.0. The van der Waals surface area contributed by atoms with Gasteiger partial charge in [-0.3, -0.25) is 24.2 Å². The molecule has 2 bridgehead atoms. The molecule has 58 heavy (non-hydrogen) atoms. The van der Waals surface area contributed by atoms with E-state index in [0.29, 0.717) is 55.7 Å². The van der Waals surface area contributed by atoms with Gasteiger partial charge in [0.2, 0.25) is 23.6 Å². The summed E-state index contributed by atoms with van der Waals surface area (Å²) in [5.74, 6) is -1.35. The lowest BCUT2D eigenvalue weighted by atomic mass is 9.89. The number of cyclic esters (lactones) is 1. The molecule has 0 spiro atoms. The molecule has 13 nitrogen and oxygen atoms in total. The number of nitrogens with zero attached hydrogens (tertiary/aromatic N) is 4. The van der Waals surface area contributed by atoms with Crippen molar-refractivity contribution in [3.63, 3.8) is 0 Å². The fourth-order valence-electron chi connectivity index (χ4n) is 8.03. The van der Waals surface area contributed by atoms with Crippen LogP contribution in [0.2, 0.25) is 0 Å². The molecule has 322 valence electrons. The van der Waals surface area contributed by atoms with Crippen molar-refractivity contribution in [2.24, 2.45) is 28.7 Å². The maximum Gasteiger partial charge on any atom is 0.329 e. The zero-order valence-corrected chi connectivity index (χ0v) is 37.2. The second-order valence-corrected chi connectivity index (χ2v) is 18.1. The Balaban J connectivity index is 1.73. The zero-order valence-electron chi connectivity index (χ0n) is 36.4. The molecule has 10 atom stereocenters. The number of fused-ring (bicyclic) bond motifs is 2. The molecule has 1 aromatic carbocycles. The Hall–Kier alpha value is -3.91. The highest BCUT2D eigenvalue weighted by Crippen LogP contribution is 2.31. The first-order valence-electron chi connectivity index (χ1n) is 20.9. The van der Waals surface area contributed by atoms with Gasteiger partial charge < -0.3 is 34.6 Å². The van der Waals surface area contributed by atoms with E-state index in [1.807, 2.05) is 53.7 Å². The van der Waals surface area contributed by atoms with Crippen LogP contribution < -0.4 is 10.1 Å². The normalized spacial score (nSPS) is 31.8. The van der Waals surface area contributed by atoms with E-state index in [1.54, 1.807) is 62.9 Å². The number of methoxy groups -OCH3 is 1. The van der Waals surface area contributed by atoms with Gasteiger partial charge in [0, 0.05) is 44.3 Å². The lowest BCUT2D eigenvalue weighted by Gasteiger charge is -2.38. The summed E-state index contributed by atoms with van der Waals surface area (Å²) in [5.41, 5.74) is 1.17. The van der Waals surface area contributed by atoms with Crippen LogP contribution in [0.3, 0.4) is 0 Å². The third kappa shape index (κ3) is 11.4. The van der Waals surface area contributed by atoms with Crippen LogP contribution in [0.25, 0.3) is 0 Å². The van der Waals surface area contributed by atoms with Gasteiger partial charge in [-0.25, -0.2) is 4.79 Å². The number of esters is 1. The van der Waals surface area contributed by atoms with Gasteiger partial charge in [0.15, 0.2) is 0 Å². The van der Waals surface area contributed by atoms with E-state index >= 15 is 0 Å². The molecular formula is C44H67N5O8S. The second kappa shape index (κ2) is 20.9. The van der Waals surface area contributed by atoms with Crippen molar-refractivity contribution in [2.75, 3.05) is 33.5 Å². The molecule has 14 heteroatoms. The summed E-state index contributed by atoms with van der Waals surface area (Å²) in [6.45, 7) is 15.5. The standard InChI is InChI=1S/C44H67N5O8S/c1-12-27(5)38-43(54)49-19-13-14-35(49)44(55)57-37(25(2)3)21-26(4)20-36(50)29(7)40-45-32(24-58-40)22-28(6)39(51)46-34(23-31-15-17-33(56-11)18-16-31)42(53)47(9)30(8)41(52)48(38)10/h15-18,22,25-27,29-30,32,34-38,50H,12-14,19-21,23-24H2,1-11H3,(H,46,51)/b28-22-/t26-,27-,29-,30-,32-,34-,35-,36-,37?,38-/m0/s1. The predicted molar refractivity (Wildman–Crippen MR) is 227 cm³/mol. The SMILES string of the molecule is CC[C@H](C)[C@H]1C(=O)N2CCC[C@H]2C(=O)OC(C(C)C)C[C@@H](C)C[C@H](O)[C@H](C)C2=N[C@@H](/C=C(/C)C(=O)N[C@@H](Cc3ccc(OC)cc3)C(=O)N(C)[C@@H](C)C(=O)N1C)CS2. The lowest BCUT2D eigenvalue weighted by Crippen LogP contribution is -2.59. The number of rotatable bonds is 6. The number of hydrogen-bond acceptors (Lipinski definition) is 10. The van der Waals surface area contributed by atoms with Gasteiger partial charge in [0.25, 0.3) is 0 Å². The summed E-state index contributed by atoms with van der Waals surface area (Å²) < 4.78 is 11.5. The summed E-state index contributed by atoms with van der Waals surface area (Å²) in [6.07, 6.45) is 3.52. The molecule has 2 N–H and O–H groups in total. The van der Waals surface area contributed by atoms with Gasteiger partial charge in [-0.1, -0.05) is 66.2 Å². The smallest absolute Gasteiger partial charge is 0.329 e. The minimum atomic E-state index is -1.03. The third-order valence-electron chi connectivity index (χ3n) is 12.2. The number of hydrogen-bond donors (Lipinski definition) is 2. The molecule has 3 aliphatic rings. The summed E-state index contributed by atoms with van der Waals surface area (Å²) in [5, 5.41) is 15.1. The molecule has 0 saturated carbocycles. The van der Waals surface area contributed by atoms with Gasteiger partial charge in [-0.2, -0.15) is 0 Å². The van der Waals surface area contributed by atoms with Crippen molar-refractivity contribution in [3.05, 3.63) is 41.5 Å². The number of carbonyl (C=O) groups is 5. The number of aliphatic imine (C=N–C) groups is 1. The number of benzene rings is 1. The molecule has 1 unspecified atom stereocenters. The van der Waals surface area contributed by atoms with Crippen molar-refractivity contribution in [3.8, 4) is 5.75 Å². The van der Waals surface area contributed by atoms with Crippen molar-refractivity contribution >= 4 is 46.4 Å². The minimum Gasteiger partial charge on any atom is -0.497 e. The van der Waals surface area contributed by atoms with E-state index in [2.05, 4.69) is 5.32 Å². The number of thioether (sulfide) groups is 1. The van der Waals surface area contributed by atoms with Crippen LogP contribution in [0.1, 0.15) is 93.1 Å². The van der Waals surface area contributed by atoms with Crippen LogP contribution in [0.4, 0.5) is 0 Å². The monoisotopic (exact) mass is 825 g/mol. The van der Waals surface area contributed by atoms with Gasteiger partial charge in [0.1, 0.15) is 36.0 Å². The van der Waals surface area contributed by atoms with Gasteiger partial charge in [-0.05, 0) is 75.0 Å². The summed E-state index contributed by atoms with van der Waals surface area (Å²) in [6, 6.07) is 3.22. The number of nitrogens with one attached hydrogen (secondary N) is 1.